The Morgan fingerprint density at radius 2 is 1.79 bits per heavy atom. The Balaban J connectivity index is 2.20. The van der Waals surface area contributed by atoms with Crippen LogP contribution in [0.25, 0.3) is 6.08 Å². The minimum atomic E-state index is -0.0707. The molecule has 126 valence electrons. The van der Waals surface area contributed by atoms with Crippen molar-refractivity contribution in [1.82, 2.24) is 0 Å². The Morgan fingerprint density at radius 1 is 1.17 bits per heavy atom. The monoisotopic (exact) mass is 388 g/mol. The molecular weight excluding hydrogens is 368 g/mol. The number of hydrogen-bond acceptors (Lipinski definition) is 3. The van der Waals surface area contributed by atoms with Crippen LogP contribution in [0.2, 0.25) is 0 Å². The molecule has 0 saturated carbocycles. The molecule has 0 aromatic heterocycles. The van der Waals surface area contributed by atoms with E-state index < -0.39 is 0 Å². The van der Waals surface area contributed by atoms with Gasteiger partial charge in [-0.1, -0.05) is 51.1 Å². The lowest BCUT2D eigenvalue weighted by molar-refractivity contribution is 0.104. The summed E-state index contributed by atoms with van der Waals surface area (Å²) in [5.74, 6) is 0.323. The maximum Gasteiger partial charge on any atom is 0.185 e. The summed E-state index contributed by atoms with van der Waals surface area (Å²) in [6.07, 6.45) is 3.22. The predicted molar refractivity (Wildman–Crippen MR) is 101 cm³/mol. The molecule has 0 aliphatic carbocycles. The quantitative estimate of drug-likeness (QED) is 0.566. The number of rotatable bonds is 4. The average molecular weight is 389 g/mol. The zero-order chi connectivity index (χ0) is 17.9. The zero-order valence-corrected chi connectivity index (χ0v) is 15.8. The normalized spacial score (nSPS) is 11.7. The van der Waals surface area contributed by atoms with E-state index in [0.717, 1.165) is 5.56 Å². The van der Waals surface area contributed by atoms with Gasteiger partial charge in [-0.3, -0.25) is 4.79 Å². The first-order valence-corrected chi connectivity index (χ1v) is 8.41. The van der Waals surface area contributed by atoms with Crippen LogP contribution >= 0.6 is 15.9 Å². The standard InChI is InChI=1S/C20H21BrO3/c1-20(2,3)15-8-6-14(7-9-15)17(22)10-5-13-11-16(21)19(23)18(12-13)24-4/h5-12,23H,1-4H3. The maximum atomic E-state index is 12.3. The van der Waals surface area contributed by atoms with Gasteiger partial charge in [-0.05, 0) is 50.7 Å². The Bertz CT molecular complexity index is 769. The molecule has 0 unspecified atom stereocenters. The van der Waals surface area contributed by atoms with Crippen molar-refractivity contribution in [3.05, 3.63) is 63.6 Å². The predicted octanol–water partition coefficient (Wildman–Crippen LogP) is 5.36. The molecule has 0 fully saturated rings. The van der Waals surface area contributed by atoms with E-state index in [-0.39, 0.29) is 16.9 Å². The molecule has 2 aromatic rings. The van der Waals surface area contributed by atoms with E-state index in [9.17, 15) is 9.90 Å². The molecule has 0 aliphatic heterocycles. The lowest BCUT2D eigenvalue weighted by Crippen LogP contribution is -2.11. The minimum Gasteiger partial charge on any atom is -0.503 e. The second-order valence-corrected chi connectivity index (χ2v) is 7.43. The summed E-state index contributed by atoms with van der Waals surface area (Å²) in [4.78, 5) is 12.3. The molecule has 0 radical (unpaired) electrons. The summed E-state index contributed by atoms with van der Waals surface area (Å²) >= 11 is 3.27. The van der Waals surface area contributed by atoms with Gasteiger partial charge in [0.2, 0.25) is 0 Å². The molecule has 0 bridgehead atoms. The fourth-order valence-corrected chi connectivity index (χ4v) is 2.71. The van der Waals surface area contributed by atoms with Crippen molar-refractivity contribution in [3.8, 4) is 11.5 Å². The summed E-state index contributed by atoms with van der Waals surface area (Å²) in [6.45, 7) is 6.42. The lowest BCUT2D eigenvalue weighted by Gasteiger charge is -2.18. The number of phenols is 1. The van der Waals surface area contributed by atoms with E-state index in [1.807, 2.05) is 24.3 Å². The van der Waals surface area contributed by atoms with E-state index in [2.05, 4.69) is 36.7 Å². The van der Waals surface area contributed by atoms with Gasteiger partial charge in [0.1, 0.15) is 0 Å². The summed E-state index contributed by atoms with van der Waals surface area (Å²) < 4.78 is 5.62. The Kier molecular flexibility index (Phi) is 5.50. The van der Waals surface area contributed by atoms with Crippen LogP contribution in [-0.4, -0.2) is 18.0 Å². The number of ketones is 1. The second kappa shape index (κ2) is 7.22. The van der Waals surface area contributed by atoms with Crippen LogP contribution in [0.5, 0.6) is 11.5 Å². The number of hydrogen-bond donors (Lipinski definition) is 1. The number of aromatic hydroxyl groups is 1. The minimum absolute atomic E-state index is 0.0405. The molecule has 3 nitrogen and oxygen atoms in total. The van der Waals surface area contributed by atoms with Crippen LogP contribution in [0.4, 0.5) is 0 Å². The van der Waals surface area contributed by atoms with Gasteiger partial charge < -0.3 is 9.84 Å². The van der Waals surface area contributed by atoms with Gasteiger partial charge in [-0.15, -0.1) is 0 Å². The SMILES string of the molecule is COc1cc(C=CC(=O)c2ccc(C(C)(C)C)cc2)cc(Br)c1O. The maximum absolute atomic E-state index is 12.3. The summed E-state index contributed by atoms with van der Waals surface area (Å²) in [7, 11) is 1.48. The third-order valence-corrected chi connectivity index (χ3v) is 4.34. The highest BCUT2D eigenvalue weighted by molar-refractivity contribution is 9.10. The van der Waals surface area contributed by atoms with E-state index in [0.29, 0.717) is 15.8 Å². The number of allylic oxidation sites excluding steroid dienone is 1. The van der Waals surface area contributed by atoms with Crippen molar-refractivity contribution in [2.45, 2.75) is 26.2 Å². The number of halogens is 1. The molecule has 4 heteroatoms. The van der Waals surface area contributed by atoms with Crippen LogP contribution in [0, 0.1) is 0 Å². The molecule has 0 heterocycles. The van der Waals surface area contributed by atoms with E-state index in [1.54, 1.807) is 18.2 Å². The van der Waals surface area contributed by atoms with Gasteiger partial charge in [0.25, 0.3) is 0 Å². The largest absolute Gasteiger partial charge is 0.503 e. The zero-order valence-electron chi connectivity index (χ0n) is 14.3. The van der Waals surface area contributed by atoms with Gasteiger partial charge in [-0.2, -0.15) is 0 Å². The summed E-state index contributed by atoms with van der Waals surface area (Å²) in [5.41, 5.74) is 2.65. The molecule has 24 heavy (non-hydrogen) atoms. The molecule has 0 aliphatic rings. The highest BCUT2D eigenvalue weighted by Crippen LogP contribution is 2.35. The fourth-order valence-electron chi connectivity index (χ4n) is 2.25. The first kappa shape index (κ1) is 18.3. The van der Waals surface area contributed by atoms with Gasteiger partial charge in [0.05, 0.1) is 11.6 Å². The molecule has 0 saturated heterocycles. The molecule has 1 N–H and O–H groups in total. The van der Waals surface area contributed by atoms with Crippen molar-refractivity contribution in [3.63, 3.8) is 0 Å². The van der Waals surface area contributed by atoms with Gasteiger partial charge in [0.15, 0.2) is 17.3 Å². The van der Waals surface area contributed by atoms with Gasteiger partial charge >= 0.3 is 0 Å². The van der Waals surface area contributed by atoms with Crippen LogP contribution in [0.3, 0.4) is 0 Å². The molecule has 0 spiro atoms. The molecule has 0 amide bonds. The fraction of sp³-hybridized carbons (Fsp3) is 0.250. The van der Waals surface area contributed by atoms with Crippen LogP contribution in [0.1, 0.15) is 42.3 Å². The molecular formula is C20H21BrO3. The van der Waals surface area contributed by atoms with Gasteiger partial charge in [-0.25, -0.2) is 0 Å². The van der Waals surface area contributed by atoms with Crippen LogP contribution in [0.15, 0.2) is 46.9 Å². The molecule has 2 aromatic carbocycles. The first-order chi connectivity index (χ1) is 11.2. The Labute approximate surface area is 151 Å². The van der Waals surface area contributed by atoms with Crippen molar-refractivity contribution >= 4 is 27.8 Å². The first-order valence-electron chi connectivity index (χ1n) is 7.62. The van der Waals surface area contributed by atoms with Crippen LogP contribution < -0.4 is 4.74 Å². The third kappa shape index (κ3) is 4.26. The topological polar surface area (TPSA) is 46.5 Å². The van der Waals surface area contributed by atoms with Crippen molar-refractivity contribution < 1.29 is 14.6 Å². The molecule has 0 atom stereocenters. The highest BCUT2D eigenvalue weighted by Gasteiger charge is 2.13. The lowest BCUT2D eigenvalue weighted by atomic mass is 9.86. The van der Waals surface area contributed by atoms with Crippen LogP contribution in [-0.2, 0) is 5.41 Å². The van der Waals surface area contributed by atoms with Gasteiger partial charge in [0, 0.05) is 5.56 Å². The average Bonchev–Trinajstić information content (AvgIpc) is 2.54. The number of carbonyl (C=O) groups excluding carboxylic acids is 1. The summed E-state index contributed by atoms with van der Waals surface area (Å²) in [6, 6.07) is 11.1. The van der Waals surface area contributed by atoms with E-state index >= 15 is 0 Å². The number of carbonyl (C=O) groups is 1. The van der Waals surface area contributed by atoms with Crippen molar-refractivity contribution in [1.29, 1.82) is 0 Å². The van der Waals surface area contributed by atoms with E-state index in [1.165, 1.54) is 18.7 Å². The van der Waals surface area contributed by atoms with Crippen molar-refractivity contribution in [2.75, 3.05) is 7.11 Å². The highest BCUT2D eigenvalue weighted by atomic mass is 79.9. The number of benzene rings is 2. The Hall–Kier alpha value is -2.07. The molecule has 2 rings (SSSR count). The summed E-state index contributed by atoms with van der Waals surface area (Å²) in [5, 5.41) is 9.81. The second-order valence-electron chi connectivity index (χ2n) is 6.58. The smallest absolute Gasteiger partial charge is 0.185 e. The van der Waals surface area contributed by atoms with Crippen molar-refractivity contribution in [2.24, 2.45) is 0 Å². The third-order valence-electron chi connectivity index (χ3n) is 3.73. The number of ether oxygens (including phenoxy) is 1. The van der Waals surface area contributed by atoms with E-state index in [4.69, 9.17) is 4.74 Å². The Morgan fingerprint density at radius 3 is 2.33 bits per heavy atom. The number of phenolic OH excluding ortho intramolecular Hbond substituents is 1. The number of methoxy groups -OCH3 is 1.